The van der Waals surface area contributed by atoms with Gasteiger partial charge >= 0.3 is 12.0 Å². The zero-order valence-electron chi connectivity index (χ0n) is 11.5. The second-order valence-electron chi connectivity index (χ2n) is 5.19. The summed E-state index contributed by atoms with van der Waals surface area (Å²) in [6, 6.07) is -0.267. The van der Waals surface area contributed by atoms with E-state index in [1.165, 1.54) is 0 Å². The summed E-state index contributed by atoms with van der Waals surface area (Å²) in [5, 5.41) is 12.2. The number of aliphatic carboxylic acids is 1. The van der Waals surface area contributed by atoms with Crippen LogP contribution in [0.4, 0.5) is 4.79 Å². The molecule has 5 heteroatoms. The van der Waals surface area contributed by atoms with Crippen molar-refractivity contribution in [2.45, 2.75) is 52.0 Å². The molecule has 0 radical (unpaired) electrons. The second-order valence-corrected chi connectivity index (χ2v) is 5.19. The third kappa shape index (κ3) is 3.15. The van der Waals surface area contributed by atoms with Gasteiger partial charge in [0, 0.05) is 13.1 Å². The third-order valence-corrected chi connectivity index (χ3v) is 3.80. The summed E-state index contributed by atoms with van der Waals surface area (Å²) < 4.78 is 0. The van der Waals surface area contributed by atoms with Crippen LogP contribution in [0.3, 0.4) is 0 Å². The molecule has 0 heterocycles. The Labute approximate surface area is 109 Å². The van der Waals surface area contributed by atoms with Gasteiger partial charge in [0.25, 0.3) is 0 Å². The highest BCUT2D eigenvalue weighted by atomic mass is 16.4. The zero-order valence-corrected chi connectivity index (χ0v) is 11.5. The maximum atomic E-state index is 12.0. The molecule has 2 atom stereocenters. The van der Waals surface area contributed by atoms with Gasteiger partial charge in [0.15, 0.2) is 0 Å². The number of carboxylic acid groups (broad SMARTS) is 1. The van der Waals surface area contributed by atoms with Crippen molar-refractivity contribution in [3.63, 3.8) is 0 Å². The van der Waals surface area contributed by atoms with E-state index < -0.39 is 11.5 Å². The van der Waals surface area contributed by atoms with E-state index >= 15 is 0 Å². The Hall–Kier alpha value is -1.26. The Kier molecular flexibility index (Phi) is 4.99. The van der Waals surface area contributed by atoms with Crippen LogP contribution in [0.1, 0.15) is 46.5 Å². The minimum absolute atomic E-state index is 0.267. The summed E-state index contributed by atoms with van der Waals surface area (Å²) in [4.78, 5) is 25.2. The number of rotatable bonds is 4. The first kappa shape index (κ1) is 14.8. The van der Waals surface area contributed by atoms with Gasteiger partial charge in [-0.25, -0.2) is 9.59 Å². The maximum absolute atomic E-state index is 12.0. The molecule has 2 unspecified atom stereocenters. The van der Waals surface area contributed by atoms with Crippen molar-refractivity contribution in [1.82, 2.24) is 10.2 Å². The van der Waals surface area contributed by atoms with Crippen molar-refractivity contribution in [1.29, 1.82) is 0 Å². The van der Waals surface area contributed by atoms with Crippen LogP contribution in [0.5, 0.6) is 0 Å². The molecule has 0 aromatic heterocycles. The molecule has 1 rings (SSSR count). The molecule has 18 heavy (non-hydrogen) atoms. The van der Waals surface area contributed by atoms with Gasteiger partial charge in [0.05, 0.1) is 0 Å². The molecule has 2 amide bonds. The lowest BCUT2D eigenvalue weighted by atomic mass is 9.76. The van der Waals surface area contributed by atoms with E-state index in [2.05, 4.69) is 5.32 Å². The molecule has 5 nitrogen and oxygen atoms in total. The smallest absolute Gasteiger partial charge is 0.329 e. The average molecular weight is 256 g/mol. The Morgan fingerprint density at radius 2 is 2.00 bits per heavy atom. The first-order valence-corrected chi connectivity index (χ1v) is 6.75. The quantitative estimate of drug-likeness (QED) is 0.809. The predicted molar refractivity (Wildman–Crippen MR) is 69.5 cm³/mol. The molecule has 0 saturated heterocycles. The molecule has 0 spiro atoms. The Morgan fingerprint density at radius 1 is 1.39 bits per heavy atom. The molecule has 104 valence electrons. The highest BCUT2D eigenvalue weighted by Gasteiger charge is 2.43. The maximum Gasteiger partial charge on any atom is 0.329 e. The first-order valence-electron chi connectivity index (χ1n) is 6.75. The molecule has 2 N–H and O–H groups in total. The summed E-state index contributed by atoms with van der Waals surface area (Å²) in [5.41, 5.74) is -1.07. The Balaban J connectivity index is 2.80. The molecule has 0 aliphatic heterocycles. The van der Waals surface area contributed by atoms with E-state index in [-0.39, 0.29) is 6.03 Å². The fourth-order valence-corrected chi connectivity index (χ4v) is 2.71. The number of carbonyl (C=O) groups is 2. The monoisotopic (exact) mass is 256 g/mol. The fourth-order valence-electron chi connectivity index (χ4n) is 2.71. The van der Waals surface area contributed by atoms with Crippen LogP contribution in [0.15, 0.2) is 0 Å². The predicted octanol–water partition coefficient (Wildman–Crippen LogP) is 2.07. The van der Waals surface area contributed by atoms with Gasteiger partial charge in [-0.2, -0.15) is 0 Å². The van der Waals surface area contributed by atoms with Gasteiger partial charge in [-0.15, -0.1) is 0 Å². The molecule has 1 aliphatic rings. The topological polar surface area (TPSA) is 69.6 Å². The standard InChI is InChI=1S/C13H24N2O3/c1-4-15(5-2)12(18)14-13(11(16)17)8-6-7-10(3)9-13/h10H,4-9H2,1-3H3,(H,14,18)(H,16,17). The van der Waals surface area contributed by atoms with Crippen molar-refractivity contribution in [2.24, 2.45) is 5.92 Å². The highest BCUT2D eigenvalue weighted by molar-refractivity contribution is 5.86. The van der Waals surface area contributed by atoms with Crippen LogP contribution >= 0.6 is 0 Å². The van der Waals surface area contributed by atoms with E-state index in [9.17, 15) is 14.7 Å². The third-order valence-electron chi connectivity index (χ3n) is 3.80. The molecule has 1 saturated carbocycles. The molecule has 1 fully saturated rings. The van der Waals surface area contributed by atoms with Crippen molar-refractivity contribution < 1.29 is 14.7 Å². The van der Waals surface area contributed by atoms with Gasteiger partial charge < -0.3 is 15.3 Å². The van der Waals surface area contributed by atoms with Crippen LogP contribution in [0, 0.1) is 5.92 Å². The molecule has 0 bridgehead atoms. The Bertz CT molecular complexity index is 315. The number of carboxylic acids is 1. The summed E-state index contributed by atoms with van der Waals surface area (Å²) in [7, 11) is 0. The van der Waals surface area contributed by atoms with Crippen LogP contribution in [-0.2, 0) is 4.79 Å². The van der Waals surface area contributed by atoms with Crippen molar-refractivity contribution in [2.75, 3.05) is 13.1 Å². The van der Waals surface area contributed by atoms with Gasteiger partial charge in [-0.05, 0) is 32.6 Å². The molecule has 0 aromatic carbocycles. The van der Waals surface area contributed by atoms with Crippen LogP contribution in [-0.4, -0.2) is 40.6 Å². The van der Waals surface area contributed by atoms with Crippen LogP contribution < -0.4 is 5.32 Å². The summed E-state index contributed by atoms with van der Waals surface area (Å²) in [6.45, 7) is 7.00. The minimum Gasteiger partial charge on any atom is -0.480 e. The number of hydrogen-bond donors (Lipinski definition) is 2. The van der Waals surface area contributed by atoms with Crippen molar-refractivity contribution in [3.8, 4) is 0 Å². The average Bonchev–Trinajstić information content (AvgIpc) is 2.30. The van der Waals surface area contributed by atoms with Gasteiger partial charge in [-0.3, -0.25) is 0 Å². The molecule has 0 aromatic rings. The van der Waals surface area contributed by atoms with Gasteiger partial charge in [0.1, 0.15) is 5.54 Å². The summed E-state index contributed by atoms with van der Waals surface area (Å²) >= 11 is 0. The van der Waals surface area contributed by atoms with Gasteiger partial charge in [-0.1, -0.05) is 19.8 Å². The van der Waals surface area contributed by atoms with Crippen LogP contribution in [0.25, 0.3) is 0 Å². The van der Waals surface area contributed by atoms with E-state index in [4.69, 9.17) is 0 Å². The number of urea groups is 1. The normalized spacial score (nSPS) is 27.6. The number of hydrogen-bond acceptors (Lipinski definition) is 2. The van der Waals surface area contributed by atoms with E-state index in [0.717, 1.165) is 12.8 Å². The molecule has 1 aliphatic carbocycles. The van der Waals surface area contributed by atoms with Crippen molar-refractivity contribution in [3.05, 3.63) is 0 Å². The summed E-state index contributed by atoms with van der Waals surface area (Å²) in [5.74, 6) is -0.568. The van der Waals surface area contributed by atoms with Crippen molar-refractivity contribution >= 4 is 12.0 Å². The summed E-state index contributed by atoms with van der Waals surface area (Å²) in [6.07, 6.45) is 2.94. The Morgan fingerprint density at radius 3 is 2.44 bits per heavy atom. The van der Waals surface area contributed by atoms with Crippen LogP contribution in [0.2, 0.25) is 0 Å². The molecular weight excluding hydrogens is 232 g/mol. The zero-order chi connectivity index (χ0) is 13.8. The van der Waals surface area contributed by atoms with E-state index in [1.54, 1.807) is 4.90 Å². The first-order chi connectivity index (χ1) is 8.45. The highest BCUT2D eigenvalue weighted by Crippen LogP contribution is 2.32. The number of carbonyl (C=O) groups excluding carboxylic acids is 1. The second kappa shape index (κ2) is 6.07. The van der Waals surface area contributed by atoms with Gasteiger partial charge in [0.2, 0.25) is 0 Å². The van der Waals surface area contributed by atoms with E-state index in [1.807, 2.05) is 20.8 Å². The van der Waals surface area contributed by atoms with E-state index in [0.29, 0.717) is 31.8 Å². The lowest BCUT2D eigenvalue weighted by molar-refractivity contribution is -0.146. The lowest BCUT2D eigenvalue weighted by Crippen LogP contribution is -2.59. The number of nitrogens with zero attached hydrogens (tertiary/aromatic N) is 1. The number of amides is 2. The number of nitrogens with one attached hydrogen (secondary N) is 1. The molecular formula is C13H24N2O3. The largest absolute Gasteiger partial charge is 0.480 e. The lowest BCUT2D eigenvalue weighted by Gasteiger charge is -2.38. The fraction of sp³-hybridized carbons (Fsp3) is 0.846. The SMILES string of the molecule is CCN(CC)C(=O)NC1(C(=O)O)CCCC(C)C1. The minimum atomic E-state index is -1.07.